The van der Waals surface area contributed by atoms with Crippen molar-refractivity contribution in [3.63, 3.8) is 0 Å². The Hall–Kier alpha value is -0.610. The van der Waals surface area contributed by atoms with Gasteiger partial charge in [-0.1, -0.05) is 12.8 Å². The number of hydrogen-bond acceptors (Lipinski definition) is 3. The molecule has 1 unspecified atom stereocenters. The standard InChI is InChI=1S/C14H27N3O/c1-13(16-9-4-2-3-5-10-16)14(18)17-11-6-7-15-8-12-17/h13,15H,2-12H2,1H3. The molecule has 1 amide bonds. The summed E-state index contributed by atoms with van der Waals surface area (Å²) in [6, 6.07) is 0.0706. The van der Waals surface area contributed by atoms with Crippen LogP contribution in [-0.2, 0) is 4.79 Å². The van der Waals surface area contributed by atoms with Crippen molar-refractivity contribution in [3.05, 3.63) is 0 Å². The molecule has 0 aliphatic carbocycles. The van der Waals surface area contributed by atoms with E-state index >= 15 is 0 Å². The number of rotatable bonds is 2. The van der Waals surface area contributed by atoms with E-state index in [0.717, 1.165) is 45.7 Å². The van der Waals surface area contributed by atoms with E-state index in [0.29, 0.717) is 5.91 Å². The van der Waals surface area contributed by atoms with Crippen molar-refractivity contribution < 1.29 is 4.79 Å². The van der Waals surface area contributed by atoms with Gasteiger partial charge in [0.05, 0.1) is 6.04 Å². The van der Waals surface area contributed by atoms with Crippen molar-refractivity contribution in [2.45, 2.75) is 45.1 Å². The molecule has 0 spiro atoms. The summed E-state index contributed by atoms with van der Waals surface area (Å²) in [6.07, 6.45) is 6.23. The Bertz CT molecular complexity index is 254. The maximum atomic E-state index is 12.5. The second kappa shape index (κ2) is 7.10. The maximum Gasteiger partial charge on any atom is 0.239 e. The molecule has 0 radical (unpaired) electrons. The average molecular weight is 253 g/mol. The van der Waals surface area contributed by atoms with E-state index in [9.17, 15) is 4.79 Å². The smallest absolute Gasteiger partial charge is 0.239 e. The van der Waals surface area contributed by atoms with Crippen LogP contribution in [0, 0.1) is 0 Å². The second-order valence-electron chi connectivity index (χ2n) is 5.55. The van der Waals surface area contributed by atoms with Crippen LogP contribution in [0.3, 0.4) is 0 Å². The third kappa shape index (κ3) is 3.69. The molecule has 2 heterocycles. The molecule has 0 aromatic heterocycles. The predicted molar refractivity (Wildman–Crippen MR) is 73.6 cm³/mol. The van der Waals surface area contributed by atoms with E-state index in [2.05, 4.69) is 22.0 Å². The zero-order chi connectivity index (χ0) is 12.8. The zero-order valence-corrected chi connectivity index (χ0v) is 11.7. The first kappa shape index (κ1) is 13.8. The minimum Gasteiger partial charge on any atom is -0.340 e. The van der Waals surface area contributed by atoms with Crippen LogP contribution in [0.4, 0.5) is 0 Å². The van der Waals surface area contributed by atoms with E-state index in [-0.39, 0.29) is 6.04 Å². The number of nitrogens with one attached hydrogen (secondary N) is 1. The highest BCUT2D eigenvalue weighted by molar-refractivity contribution is 5.81. The van der Waals surface area contributed by atoms with Crippen LogP contribution in [0.1, 0.15) is 39.0 Å². The largest absolute Gasteiger partial charge is 0.340 e. The van der Waals surface area contributed by atoms with Crippen LogP contribution < -0.4 is 5.32 Å². The highest BCUT2D eigenvalue weighted by Crippen LogP contribution is 2.14. The van der Waals surface area contributed by atoms with E-state index < -0.39 is 0 Å². The third-order valence-electron chi connectivity index (χ3n) is 4.20. The van der Waals surface area contributed by atoms with Gasteiger partial charge in [0.25, 0.3) is 0 Å². The Morgan fingerprint density at radius 2 is 1.67 bits per heavy atom. The molecule has 1 N–H and O–H groups in total. The summed E-state index contributed by atoms with van der Waals surface area (Å²) in [7, 11) is 0. The zero-order valence-electron chi connectivity index (χ0n) is 11.7. The molecule has 0 aromatic rings. The van der Waals surface area contributed by atoms with E-state index in [1.807, 2.05) is 0 Å². The fourth-order valence-corrected chi connectivity index (χ4v) is 2.97. The monoisotopic (exact) mass is 253 g/mol. The van der Waals surface area contributed by atoms with Gasteiger partial charge in [0.15, 0.2) is 0 Å². The lowest BCUT2D eigenvalue weighted by Crippen LogP contribution is -2.48. The molecule has 1 atom stereocenters. The molecule has 4 nitrogen and oxygen atoms in total. The van der Waals surface area contributed by atoms with Gasteiger partial charge in [-0.2, -0.15) is 0 Å². The van der Waals surface area contributed by atoms with Crippen molar-refractivity contribution in [1.29, 1.82) is 0 Å². The van der Waals surface area contributed by atoms with Gasteiger partial charge in [-0.05, 0) is 45.8 Å². The predicted octanol–water partition coefficient (Wildman–Crippen LogP) is 1.07. The summed E-state index contributed by atoms with van der Waals surface area (Å²) in [6.45, 7) is 8.06. The molecule has 18 heavy (non-hydrogen) atoms. The van der Waals surface area contributed by atoms with Gasteiger partial charge in [-0.15, -0.1) is 0 Å². The molecule has 2 fully saturated rings. The van der Waals surface area contributed by atoms with Gasteiger partial charge < -0.3 is 10.2 Å². The first-order valence-electron chi connectivity index (χ1n) is 7.52. The van der Waals surface area contributed by atoms with E-state index in [1.54, 1.807) is 0 Å². The molecular formula is C14H27N3O. The van der Waals surface area contributed by atoms with Crippen molar-refractivity contribution in [1.82, 2.24) is 15.1 Å². The first-order valence-corrected chi connectivity index (χ1v) is 7.52. The molecule has 2 aliphatic heterocycles. The van der Waals surface area contributed by atoms with Crippen LogP contribution in [0.5, 0.6) is 0 Å². The van der Waals surface area contributed by atoms with Crippen molar-refractivity contribution >= 4 is 5.91 Å². The first-order chi connectivity index (χ1) is 8.79. The van der Waals surface area contributed by atoms with Crippen LogP contribution in [0.25, 0.3) is 0 Å². The Labute approximate surface area is 111 Å². The molecule has 4 heteroatoms. The summed E-state index contributed by atoms with van der Waals surface area (Å²) < 4.78 is 0. The molecule has 0 bridgehead atoms. The molecule has 0 saturated carbocycles. The average Bonchev–Trinajstić information content (AvgIpc) is 2.81. The van der Waals surface area contributed by atoms with Crippen molar-refractivity contribution in [3.8, 4) is 0 Å². The topological polar surface area (TPSA) is 35.6 Å². The van der Waals surface area contributed by atoms with Crippen LogP contribution >= 0.6 is 0 Å². The lowest BCUT2D eigenvalue weighted by Gasteiger charge is -2.31. The Morgan fingerprint density at radius 3 is 2.39 bits per heavy atom. The van der Waals surface area contributed by atoms with Crippen LogP contribution in [-0.4, -0.2) is 61.0 Å². The normalized spacial score (nSPS) is 25.3. The summed E-state index contributed by atoms with van der Waals surface area (Å²) in [5, 5.41) is 3.35. The summed E-state index contributed by atoms with van der Waals surface area (Å²) in [4.78, 5) is 17.0. The number of likely N-dealkylation sites (tertiary alicyclic amines) is 1. The molecule has 2 saturated heterocycles. The summed E-state index contributed by atoms with van der Waals surface area (Å²) in [5.74, 6) is 0.334. The lowest BCUT2D eigenvalue weighted by atomic mass is 10.2. The Morgan fingerprint density at radius 1 is 0.944 bits per heavy atom. The number of amides is 1. The molecular weight excluding hydrogens is 226 g/mol. The van der Waals surface area contributed by atoms with Crippen LogP contribution in [0.15, 0.2) is 0 Å². The summed E-state index contributed by atoms with van der Waals surface area (Å²) in [5.41, 5.74) is 0. The number of hydrogen-bond donors (Lipinski definition) is 1. The SMILES string of the molecule is CC(C(=O)N1CCCNCC1)N1CCCCCC1. The lowest BCUT2D eigenvalue weighted by molar-refractivity contribution is -0.136. The van der Waals surface area contributed by atoms with Crippen molar-refractivity contribution in [2.75, 3.05) is 39.3 Å². The number of carbonyl (C=O) groups excluding carboxylic acids is 1. The Balaban J connectivity index is 1.89. The Kier molecular flexibility index (Phi) is 5.45. The molecule has 2 rings (SSSR count). The van der Waals surface area contributed by atoms with Gasteiger partial charge in [0, 0.05) is 19.6 Å². The molecule has 104 valence electrons. The highest BCUT2D eigenvalue weighted by atomic mass is 16.2. The minimum atomic E-state index is 0.0706. The van der Waals surface area contributed by atoms with Gasteiger partial charge in [-0.3, -0.25) is 9.69 Å². The third-order valence-corrected chi connectivity index (χ3v) is 4.20. The number of nitrogens with zero attached hydrogens (tertiary/aromatic N) is 2. The highest BCUT2D eigenvalue weighted by Gasteiger charge is 2.26. The van der Waals surface area contributed by atoms with Gasteiger partial charge in [-0.25, -0.2) is 0 Å². The maximum absolute atomic E-state index is 12.5. The van der Waals surface area contributed by atoms with E-state index in [1.165, 1.54) is 25.7 Å². The van der Waals surface area contributed by atoms with Gasteiger partial charge >= 0.3 is 0 Å². The minimum absolute atomic E-state index is 0.0706. The fourth-order valence-electron chi connectivity index (χ4n) is 2.97. The second-order valence-corrected chi connectivity index (χ2v) is 5.55. The fraction of sp³-hybridized carbons (Fsp3) is 0.929. The molecule has 2 aliphatic rings. The quantitative estimate of drug-likeness (QED) is 0.800. The number of carbonyl (C=O) groups is 1. The van der Waals surface area contributed by atoms with Crippen molar-refractivity contribution in [2.24, 2.45) is 0 Å². The van der Waals surface area contributed by atoms with Crippen LogP contribution in [0.2, 0.25) is 0 Å². The van der Waals surface area contributed by atoms with Gasteiger partial charge in [0.1, 0.15) is 0 Å². The molecule has 0 aromatic carbocycles. The van der Waals surface area contributed by atoms with E-state index in [4.69, 9.17) is 0 Å². The summed E-state index contributed by atoms with van der Waals surface area (Å²) >= 11 is 0. The van der Waals surface area contributed by atoms with Gasteiger partial charge in [0.2, 0.25) is 5.91 Å².